The van der Waals surface area contributed by atoms with Crippen molar-refractivity contribution in [2.45, 2.75) is 38.8 Å². The van der Waals surface area contributed by atoms with Crippen LogP contribution in [0.1, 0.15) is 27.2 Å². The molecule has 0 saturated carbocycles. The van der Waals surface area contributed by atoms with E-state index in [1.165, 1.54) is 0 Å². The maximum Gasteiger partial charge on any atom is 0.326 e. The smallest absolute Gasteiger partial charge is 0.326 e. The minimum Gasteiger partial charge on any atom is -0.480 e. The van der Waals surface area contributed by atoms with Gasteiger partial charge in [0.25, 0.3) is 0 Å². The number of ether oxygens (including phenoxy) is 1. The minimum absolute atomic E-state index is 0.340. The summed E-state index contributed by atoms with van der Waals surface area (Å²) >= 11 is 0. The van der Waals surface area contributed by atoms with Crippen LogP contribution in [0.4, 0.5) is 4.79 Å². The molecule has 1 aliphatic rings. The number of amides is 2. The highest BCUT2D eigenvalue weighted by molar-refractivity contribution is 5.82. The van der Waals surface area contributed by atoms with Crippen molar-refractivity contribution in [3.63, 3.8) is 0 Å². The summed E-state index contributed by atoms with van der Waals surface area (Å²) in [6.45, 7) is 6.95. The molecule has 1 heterocycles. The molecular formula is C11H20N2O4. The van der Waals surface area contributed by atoms with Crippen molar-refractivity contribution in [2.75, 3.05) is 19.8 Å². The number of rotatable bonds is 3. The number of carboxylic acid groups (broad SMARTS) is 1. The quantitative estimate of drug-likeness (QED) is 0.764. The van der Waals surface area contributed by atoms with Crippen LogP contribution >= 0.6 is 0 Å². The minimum atomic E-state index is -1.01. The largest absolute Gasteiger partial charge is 0.480 e. The van der Waals surface area contributed by atoms with E-state index < -0.39 is 17.6 Å². The van der Waals surface area contributed by atoms with Gasteiger partial charge in [0, 0.05) is 6.54 Å². The monoisotopic (exact) mass is 244 g/mol. The van der Waals surface area contributed by atoms with Crippen LogP contribution in [0.2, 0.25) is 0 Å². The number of urea groups is 1. The van der Waals surface area contributed by atoms with Crippen molar-refractivity contribution >= 4 is 12.0 Å². The van der Waals surface area contributed by atoms with Crippen LogP contribution in [0.5, 0.6) is 0 Å². The van der Waals surface area contributed by atoms with Gasteiger partial charge in [0.15, 0.2) is 0 Å². The van der Waals surface area contributed by atoms with E-state index in [9.17, 15) is 9.59 Å². The summed E-state index contributed by atoms with van der Waals surface area (Å²) < 4.78 is 5.31. The Hall–Kier alpha value is -1.30. The van der Waals surface area contributed by atoms with Gasteiger partial charge in [-0.2, -0.15) is 0 Å². The second-order valence-electron chi connectivity index (χ2n) is 4.77. The molecule has 6 heteroatoms. The number of nitrogens with zero attached hydrogens (tertiary/aromatic N) is 1. The summed E-state index contributed by atoms with van der Waals surface area (Å²) in [7, 11) is 0. The molecule has 0 spiro atoms. The highest BCUT2D eigenvalue weighted by Crippen LogP contribution is 2.18. The number of carbonyl (C=O) groups excluding carboxylic acids is 1. The maximum absolute atomic E-state index is 12.0. The SMILES string of the molecule is CC[C@@H](NC(=O)N1CCOCC1(C)C)C(=O)O. The zero-order chi connectivity index (χ0) is 13.1. The van der Waals surface area contributed by atoms with E-state index in [4.69, 9.17) is 9.84 Å². The molecule has 1 fully saturated rings. The van der Waals surface area contributed by atoms with Crippen molar-refractivity contribution in [3.05, 3.63) is 0 Å². The molecule has 2 N–H and O–H groups in total. The molecule has 0 aromatic heterocycles. The van der Waals surface area contributed by atoms with Crippen LogP contribution in [-0.4, -0.2) is 53.3 Å². The predicted octanol–water partition coefficient (Wildman–Crippen LogP) is 0.670. The summed E-state index contributed by atoms with van der Waals surface area (Å²) in [5.41, 5.74) is -0.404. The van der Waals surface area contributed by atoms with Crippen molar-refractivity contribution in [2.24, 2.45) is 0 Å². The predicted molar refractivity (Wildman–Crippen MR) is 61.9 cm³/mol. The van der Waals surface area contributed by atoms with Crippen LogP contribution < -0.4 is 5.32 Å². The van der Waals surface area contributed by atoms with E-state index in [0.717, 1.165) is 0 Å². The molecular weight excluding hydrogens is 224 g/mol. The molecule has 1 atom stereocenters. The fraction of sp³-hybridized carbons (Fsp3) is 0.818. The Morgan fingerprint density at radius 1 is 1.53 bits per heavy atom. The first-order valence-electron chi connectivity index (χ1n) is 5.77. The second-order valence-corrected chi connectivity index (χ2v) is 4.77. The fourth-order valence-electron chi connectivity index (χ4n) is 1.80. The summed E-state index contributed by atoms with van der Waals surface area (Å²) in [4.78, 5) is 24.5. The first kappa shape index (κ1) is 13.8. The maximum atomic E-state index is 12.0. The number of carbonyl (C=O) groups is 2. The molecule has 0 unspecified atom stereocenters. The van der Waals surface area contributed by atoms with Crippen LogP contribution in [0, 0.1) is 0 Å². The summed E-state index contributed by atoms with van der Waals surface area (Å²) in [6.07, 6.45) is 0.367. The number of morpholine rings is 1. The van der Waals surface area contributed by atoms with Crippen molar-refractivity contribution in [1.29, 1.82) is 0 Å². The zero-order valence-corrected chi connectivity index (χ0v) is 10.5. The van der Waals surface area contributed by atoms with E-state index >= 15 is 0 Å². The summed E-state index contributed by atoms with van der Waals surface area (Å²) in [5.74, 6) is -1.01. The van der Waals surface area contributed by atoms with Crippen molar-refractivity contribution < 1.29 is 19.4 Å². The van der Waals surface area contributed by atoms with Gasteiger partial charge in [-0.05, 0) is 20.3 Å². The standard InChI is InChI=1S/C11H20N2O4/c1-4-8(9(14)15)12-10(16)13-5-6-17-7-11(13,2)3/h8H,4-7H2,1-3H3,(H,12,16)(H,14,15)/t8-/m1/s1. The molecule has 1 aliphatic heterocycles. The highest BCUT2D eigenvalue weighted by Gasteiger charge is 2.35. The van der Waals surface area contributed by atoms with E-state index in [2.05, 4.69) is 5.32 Å². The average molecular weight is 244 g/mol. The molecule has 0 aliphatic carbocycles. The lowest BCUT2D eigenvalue weighted by atomic mass is 10.0. The summed E-state index contributed by atoms with van der Waals surface area (Å²) in [5, 5.41) is 11.4. The first-order chi connectivity index (χ1) is 7.88. The van der Waals surface area contributed by atoms with Crippen LogP contribution in [0.15, 0.2) is 0 Å². The number of nitrogens with one attached hydrogen (secondary N) is 1. The van der Waals surface area contributed by atoms with Gasteiger partial charge in [-0.3, -0.25) is 0 Å². The number of hydrogen-bond acceptors (Lipinski definition) is 3. The van der Waals surface area contributed by atoms with Gasteiger partial charge in [-0.25, -0.2) is 9.59 Å². The number of carboxylic acids is 1. The normalized spacial score (nSPS) is 20.8. The van der Waals surface area contributed by atoms with Crippen molar-refractivity contribution in [3.8, 4) is 0 Å². The molecule has 1 rings (SSSR count). The van der Waals surface area contributed by atoms with Gasteiger partial charge in [0.05, 0.1) is 18.8 Å². The zero-order valence-electron chi connectivity index (χ0n) is 10.5. The topological polar surface area (TPSA) is 78.9 Å². The third-order valence-electron chi connectivity index (χ3n) is 2.89. The third kappa shape index (κ3) is 3.33. The lowest BCUT2D eigenvalue weighted by molar-refractivity contribution is -0.139. The molecule has 6 nitrogen and oxygen atoms in total. The highest BCUT2D eigenvalue weighted by atomic mass is 16.5. The Kier molecular flexibility index (Phi) is 4.34. The van der Waals surface area contributed by atoms with Gasteiger partial charge >= 0.3 is 12.0 Å². The number of aliphatic carboxylic acids is 1. The van der Waals surface area contributed by atoms with Crippen LogP contribution in [-0.2, 0) is 9.53 Å². The molecule has 0 aromatic rings. The fourth-order valence-corrected chi connectivity index (χ4v) is 1.80. The van der Waals surface area contributed by atoms with Gasteiger partial charge < -0.3 is 20.1 Å². The van der Waals surface area contributed by atoms with Crippen LogP contribution in [0.25, 0.3) is 0 Å². The average Bonchev–Trinajstić information content (AvgIpc) is 2.24. The lowest BCUT2D eigenvalue weighted by Gasteiger charge is -2.42. The van der Waals surface area contributed by atoms with E-state index in [1.54, 1.807) is 11.8 Å². The molecule has 0 radical (unpaired) electrons. The molecule has 0 aromatic carbocycles. The summed E-state index contributed by atoms with van der Waals surface area (Å²) in [6, 6.07) is -1.17. The Labute approximate surface area is 101 Å². The van der Waals surface area contributed by atoms with E-state index in [1.807, 2.05) is 13.8 Å². The Morgan fingerprint density at radius 3 is 2.65 bits per heavy atom. The van der Waals surface area contributed by atoms with Gasteiger partial charge in [-0.1, -0.05) is 6.92 Å². The van der Waals surface area contributed by atoms with Gasteiger partial charge in [0.2, 0.25) is 0 Å². The third-order valence-corrected chi connectivity index (χ3v) is 2.89. The molecule has 17 heavy (non-hydrogen) atoms. The molecule has 1 saturated heterocycles. The molecule has 2 amide bonds. The Balaban J connectivity index is 2.65. The Morgan fingerprint density at radius 2 is 2.18 bits per heavy atom. The van der Waals surface area contributed by atoms with E-state index in [-0.39, 0.29) is 6.03 Å². The number of hydrogen-bond donors (Lipinski definition) is 2. The second kappa shape index (κ2) is 5.35. The van der Waals surface area contributed by atoms with Crippen molar-refractivity contribution in [1.82, 2.24) is 10.2 Å². The lowest BCUT2D eigenvalue weighted by Crippen LogP contribution is -2.60. The van der Waals surface area contributed by atoms with E-state index in [0.29, 0.717) is 26.2 Å². The molecule has 0 bridgehead atoms. The first-order valence-corrected chi connectivity index (χ1v) is 5.77. The molecule has 98 valence electrons. The van der Waals surface area contributed by atoms with Gasteiger partial charge in [0.1, 0.15) is 6.04 Å². The van der Waals surface area contributed by atoms with Gasteiger partial charge in [-0.15, -0.1) is 0 Å². The Bertz CT molecular complexity index is 304. The van der Waals surface area contributed by atoms with Crippen LogP contribution in [0.3, 0.4) is 0 Å².